The zero-order chi connectivity index (χ0) is 35.8. The van der Waals surface area contributed by atoms with E-state index < -0.39 is 58.2 Å². The van der Waals surface area contributed by atoms with Crippen LogP contribution < -0.4 is 21.3 Å². The Morgan fingerprint density at radius 2 is 1.62 bits per heavy atom. The van der Waals surface area contributed by atoms with Gasteiger partial charge in [0, 0.05) is 31.9 Å². The molecule has 4 rings (SSSR count). The first-order chi connectivity index (χ1) is 22.3. The molecular formula is C35H58N6O6S. The van der Waals surface area contributed by atoms with Crippen molar-refractivity contribution in [2.45, 2.75) is 111 Å². The van der Waals surface area contributed by atoms with Crippen molar-refractivity contribution >= 4 is 40.5 Å². The number of urea groups is 1. The maximum absolute atomic E-state index is 14.6. The van der Waals surface area contributed by atoms with Crippen molar-refractivity contribution in [3.8, 4) is 0 Å². The summed E-state index contributed by atoms with van der Waals surface area (Å²) in [7, 11) is 0.507. The molecule has 0 aromatic heterocycles. The van der Waals surface area contributed by atoms with E-state index in [1.165, 1.54) is 6.08 Å². The van der Waals surface area contributed by atoms with Gasteiger partial charge in [0.2, 0.25) is 17.6 Å². The summed E-state index contributed by atoms with van der Waals surface area (Å²) in [6.07, 6.45) is 9.31. The van der Waals surface area contributed by atoms with E-state index in [-0.39, 0.29) is 47.1 Å². The molecule has 4 aliphatic rings. The van der Waals surface area contributed by atoms with Crippen LogP contribution in [0.2, 0.25) is 0 Å². The molecule has 0 aromatic carbocycles. The van der Waals surface area contributed by atoms with Crippen molar-refractivity contribution in [2.24, 2.45) is 34.0 Å². The lowest BCUT2D eigenvalue weighted by Gasteiger charge is -2.38. The quantitative estimate of drug-likeness (QED) is 0.162. The Bertz CT molecular complexity index is 1300. The van der Waals surface area contributed by atoms with Crippen LogP contribution in [0.15, 0.2) is 12.7 Å². The van der Waals surface area contributed by atoms with E-state index >= 15 is 0 Å². The minimum Gasteiger partial charge on any atom is -0.346 e. The van der Waals surface area contributed by atoms with Gasteiger partial charge in [-0.1, -0.05) is 60.5 Å². The number of rotatable bonds is 14. The van der Waals surface area contributed by atoms with Gasteiger partial charge < -0.3 is 26.2 Å². The molecule has 2 unspecified atom stereocenters. The zero-order valence-corrected chi connectivity index (χ0v) is 31.0. The number of likely N-dealkylation sites (tertiary alicyclic amines) is 1. The Morgan fingerprint density at radius 3 is 2.15 bits per heavy atom. The van der Waals surface area contributed by atoms with Gasteiger partial charge in [-0.15, -0.1) is 6.58 Å². The minimum absolute atomic E-state index is 0.0621. The summed E-state index contributed by atoms with van der Waals surface area (Å²) in [6, 6.07) is -3.62. The summed E-state index contributed by atoms with van der Waals surface area (Å²) in [5, 5.41) is 11.4. The smallest absolute Gasteiger partial charge is 0.315 e. The number of hydrogen-bond donors (Lipinski definition) is 4. The molecular weight excluding hydrogens is 632 g/mol. The maximum atomic E-state index is 14.6. The number of likely N-dealkylation sites (N-methyl/N-ethyl adjacent to an activating group) is 1. The molecule has 1 aliphatic heterocycles. The van der Waals surface area contributed by atoms with Crippen molar-refractivity contribution in [1.29, 1.82) is 0 Å². The molecule has 1 heterocycles. The molecule has 3 aliphatic carbocycles. The van der Waals surface area contributed by atoms with E-state index in [4.69, 9.17) is 0 Å². The Balaban J connectivity index is 1.57. The first kappa shape index (κ1) is 38.0. The summed E-state index contributed by atoms with van der Waals surface area (Å²) in [5.41, 5.74) is -0.923. The summed E-state index contributed by atoms with van der Waals surface area (Å²) in [6.45, 7) is 16.1. The van der Waals surface area contributed by atoms with E-state index in [2.05, 4.69) is 27.8 Å². The Labute approximate surface area is 288 Å². The number of Topliss-reactive ketones (excluding diaryl/α,β-unsaturated/α-hetero) is 1. The number of hydrogen-bond acceptors (Lipinski definition) is 6. The normalized spacial score (nSPS) is 25.4. The Kier molecular flexibility index (Phi) is 11.6. The van der Waals surface area contributed by atoms with Crippen molar-refractivity contribution in [3.63, 3.8) is 0 Å². The van der Waals surface area contributed by atoms with Gasteiger partial charge in [-0.3, -0.25) is 19.2 Å². The molecule has 12 nitrogen and oxygen atoms in total. The summed E-state index contributed by atoms with van der Waals surface area (Å²) >= 11 is 0. The third kappa shape index (κ3) is 8.86. The third-order valence-electron chi connectivity index (χ3n) is 11.0. The lowest BCUT2D eigenvalue weighted by atomic mass is 9.85. The molecule has 3 saturated carbocycles. The molecule has 1 spiro atoms. The first-order valence-electron chi connectivity index (χ1n) is 17.4. The fourth-order valence-corrected chi connectivity index (χ4v) is 7.89. The molecule has 0 radical (unpaired) electrons. The molecule has 270 valence electrons. The van der Waals surface area contributed by atoms with Crippen LogP contribution in [0.5, 0.6) is 0 Å². The third-order valence-corrected chi connectivity index (χ3v) is 12.0. The summed E-state index contributed by atoms with van der Waals surface area (Å²) < 4.78 is 13.7. The van der Waals surface area contributed by atoms with Crippen LogP contribution in [0.3, 0.4) is 0 Å². The molecule has 13 heteroatoms. The van der Waals surface area contributed by atoms with Crippen LogP contribution in [0.25, 0.3) is 0 Å². The molecule has 5 amide bonds. The van der Waals surface area contributed by atoms with E-state index in [1.54, 1.807) is 22.5 Å². The highest BCUT2D eigenvalue weighted by Gasteiger charge is 2.64. The average molecular weight is 691 g/mol. The number of carbonyl (C=O) groups is 5. The highest BCUT2D eigenvalue weighted by molar-refractivity contribution is 7.81. The summed E-state index contributed by atoms with van der Waals surface area (Å²) in [4.78, 5) is 69.9. The Hall–Kier alpha value is -2.80. The number of nitrogens with one attached hydrogen (secondary N) is 4. The molecule has 0 bridgehead atoms. The molecule has 4 fully saturated rings. The van der Waals surface area contributed by atoms with Crippen LogP contribution in [0.4, 0.5) is 4.79 Å². The van der Waals surface area contributed by atoms with Crippen LogP contribution in [0.1, 0.15) is 86.5 Å². The van der Waals surface area contributed by atoms with Gasteiger partial charge in [-0.05, 0) is 73.2 Å². The predicted octanol–water partition coefficient (Wildman–Crippen LogP) is 2.51. The first-order valence-corrected chi connectivity index (χ1v) is 19.0. The average Bonchev–Trinajstić information content (AvgIpc) is 3.90. The van der Waals surface area contributed by atoms with Gasteiger partial charge in [-0.25, -0.2) is 13.3 Å². The van der Waals surface area contributed by atoms with Gasteiger partial charge in [0.15, 0.2) is 0 Å². The van der Waals surface area contributed by atoms with Crippen LogP contribution in [-0.2, 0) is 30.2 Å². The van der Waals surface area contributed by atoms with Crippen molar-refractivity contribution < 1.29 is 28.2 Å². The topological polar surface area (TPSA) is 157 Å². The van der Waals surface area contributed by atoms with E-state index in [0.717, 1.165) is 38.5 Å². The maximum Gasteiger partial charge on any atom is 0.315 e. The number of carbonyl (C=O) groups excluding carboxylic acids is 5. The van der Waals surface area contributed by atoms with Gasteiger partial charge in [0.05, 0.1) is 17.0 Å². The van der Waals surface area contributed by atoms with Gasteiger partial charge in [-0.2, -0.15) is 0 Å². The fraction of sp³-hybridized carbons (Fsp3) is 0.800. The van der Waals surface area contributed by atoms with Crippen molar-refractivity contribution in [1.82, 2.24) is 30.5 Å². The summed E-state index contributed by atoms with van der Waals surface area (Å²) in [5.74, 6) is -1.83. The SMILES string of the molecule is C=CCNC(=O)C(=O)C(CC1CC1)NC(=O)[C@@H]1[C@H]2CCC3(CC3)[C@H]2CN1C(=O)[C@@H](NC(=O)N[C@H](CN(C)S(C)=O)C(C)(C)C)C(C)(C)C. The molecule has 1 saturated heterocycles. The molecule has 48 heavy (non-hydrogen) atoms. The van der Waals surface area contributed by atoms with E-state index in [0.29, 0.717) is 19.5 Å². The van der Waals surface area contributed by atoms with Crippen LogP contribution >= 0.6 is 0 Å². The van der Waals surface area contributed by atoms with Crippen molar-refractivity contribution in [3.05, 3.63) is 12.7 Å². The standard InChI is InChI=1S/C35H58N6O6S/c1-10-17-36-30(44)27(42)24(18-21-11-12-21)37-29(43)26-22-13-14-35(15-16-35)23(22)19-41(26)31(45)28(34(5,6)7)39-32(46)38-25(33(2,3)4)20-40(8)48(9)47/h10,21-26,28H,1,11-20H2,2-9H3,(H,36,44)(H,37,43)(H2,38,39,46)/t22-,23-,24?,25+,26-,28+,48?/m0/s1. The molecule has 7 atom stereocenters. The highest BCUT2D eigenvalue weighted by atomic mass is 32.2. The van der Waals surface area contributed by atoms with Gasteiger partial charge in [0.1, 0.15) is 12.1 Å². The lowest BCUT2D eigenvalue weighted by molar-refractivity contribution is -0.144. The second-order valence-electron chi connectivity index (χ2n) is 16.8. The fourth-order valence-electron chi connectivity index (χ4n) is 7.53. The van der Waals surface area contributed by atoms with Crippen molar-refractivity contribution in [2.75, 3.05) is 32.9 Å². The van der Waals surface area contributed by atoms with Gasteiger partial charge >= 0.3 is 6.03 Å². The number of nitrogens with zero attached hydrogens (tertiary/aromatic N) is 2. The highest BCUT2D eigenvalue weighted by Crippen LogP contribution is 2.66. The van der Waals surface area contributed by atoms with Gasteiger partial charge in [0.25, 0.3) is 5.91 Å². The lowest BCUT2D eigenvalue weighted by Crippen LogP contribution is -2.62. The largest absolute Gasteiger partial charge is 0.346 e. The van der Waals surface area contributed by atoms with Crippen LogP contribution in [-0.4, -0.2) is 100 Å². The second-order valence-corrected chi connectivity index (χ2v) is 18.3. The Morgan fingerprint density at radius 1 is 0.979 bits per heavy atom. The predicted molar refractivity (Wildman–Crippen MR) is 186 cm³/mol. The number of amides is 5. The second kappa shape index (κ2) is 14.6. The zero-order valence-electron chi connectivity index (χ0n) is 30.1. The minimum atomic E-state index is -1.22. The number of ketones is 1. The number of fused-ring (bicyclic) bond motifs is 2. The van der Waals surface area contributed by atoms with E-state index in [9.17, 15) is 28.2 Å². The van der Waals surface area contributed by atoms with Crippen LogP contribution in [0, 0.1) is 34.0 Å². The molecule has 4 N–H and O–H groups in total. The van der Waals surface area contributed by atoms with E-state index in [1.807, 2.05) is 41.5 Å². The molecule has 0 aromatic rings. The monoisotopic (exact) mass is 690 g/mol.